The molecule has 1 aliphatic rings. The zero-order valence-corrected chi connectivity index (χ0v) is 17.6. The molecule has 29 heavy (non-hydrogen) atoms. The molecule has 1 saturated heterocycles. The van der Waals surface area contributed by atoms with Crippen molar-refractivity contribution < 1.29 is 8.42 Å². The summed E-state index contributed by atoms with van der Waals surface area (Å²) in [5.41, 5.74) is 2.06. The Hall–Kier alpha value is -2.78. The second kappa shape index (κ2) is 7.57. The van der Waals surface area contributed by atoms with E-state index in [-0.39, 0.29) is 0 Å². The minimum absolute atomic E-state index is 0.355. The van der Waals surface area contributed by atoms with Gasteiger partial charge in [0.2, 0.25) is 10.0 Å². The van der Waals surface area contributed by atoms with Crippen LogP contribution in [0.2, 0.25) is 0 Å². The summed E-state index contributed by atoms with van der Waals surface area (Å²) < 4.78 is 29.4. The summed E-state index contributed by atoms with van der Waals surface area (Å²) in [6, 6.07) is 9.10. The number of sulfonamides is 1. The third-order valence-corrected chi connectivity index (χ3v) is 7.28. The molecule has 8 nitrogen and oxygen atoms in total. The SMILES string of the molecule is Cc1ccc(S(=O)(=O)N2CCN(c3ccc(-n4ccnc4C)nn3)CC2)cc1C. The van der Waals surface area contributed by atoms with Crippen molar-refractivity contribution in [2.75, 3.05) is 31.1 Å². The molecule has 0 atom stereocenters. The van der Waals surface area contributed by atoms with Crippen LogP contribution in [-0.4, -0.2) is 58.7 Å². The van der Waals surface area contributed by atoms with Gasteiger partial charge in [-0.1, -0.05) is 6.07 Å². The maximum absolute atomic E-state index is 13.0. The maximum atomic E-state index is 13.0. The lowest BCUT2D eigenvalue weighted by atomic mass is 10.1. The highest BCUT2D eigenvalue weighted by atomic mass is 32.2. The Morgan fingerprint density at radius 1 is 0.862 bits per heavy atom. The van der Waals surface area contributed by atoms with Gasteiger partial charge >= 0.3 is 0 Å². The first kappa shape index (κ1) is 19.5. The molecular weight excluding hydrogens is 388 g/mol. The van der Waals surface area contributed by atoms with Gasteiger partial charge in [0, 0.05) is 38.6 Å². The molecule has 0 unspecified atom stereocenters. The quantitative estimate of drug-likeness (QED) is 0.653. The van der Waals surface area contributed by atoms with Crippen molar-refractivity contribution >= 4 is 15.8 Å². The van der Waals surface area contributed by atoms with Gasteiger partial charge in [0.1, 0.15) is 5.82 Å². The number of hydrogen-bond donors (Lipinski definition) is 0. The first-order chi connectivity index (χ1) is 13.9. The van der Waals surface area contributed by atoms with Crippen molar-refractivity contribution in [3.05, 3.63) is 59.7 Å². The fraction of sp³-hybridized carbons (Fsp3) is 0.350. The van der Waals surface area contributed by atoms with Crippen LogP contribution >= 0.6 is 0 Å². The maximum Gasteiger partial charge on any atom is 0.243 e. The normalized spacial score (nSPS) is 15.6. The fourth-order valence-electron chi connectivity index (χ4n) is 3.42. The molecule has 1 aromatic carbocycles. The first-order valence-corrected chi connectivity index (χ1v) is 11.0. The van der Waals surface area contributed by atoms with Crippen molar-refractivity contribution in [3.63, 3.8) is 0 Å². The predicted molar refractivity (Wildman–Crippen MR) is 111 cm³/mol. The van der Waals surface area contributed by atoms with Gasteiger partial charge in [-0.25, -0.2) is 13.4 Å². The van der Waals surface area contributed by atoms with Gasteiger partial charge in [-0.05, 0) is 56.2 Å². The molecule has 3 aromatic rings. The summed E-state index contributed by atoms with van der Waals surface area (Å²) in [5.74, 6) is 2.30. The third kappa shape index (κ3) is 3.75. The van der Waals surface area contributed by atoms with Crippen LogP contribution in [0.15, 0.2) is 47.6 Å². The monoisotopic (exact) mass is 412 g/mol. The molecule has 2 aromatic heterocycles. The summed E-state index contributed by atoms with van der Waals surface area (Å²) in [6.45, 7) is 7.79. The molecular formula is C20H24N6O2S. The Morgan fingerprint density at radius 3 is 2.14 bits per heavy atom. The molecule has 9 heteroatoms. The van der Waals surface area contributed by atoms with E-state index >= 15 is 0 Å². The standard InChI is InChI=1S/C20H24N6O2S/c1-15-4-5-18(14-16(15)2)29(27,28)25-12-10-24(11-13-25)19-6-7-20(23-22-19)26-9-8-21-17(26)3/h4-9,14H,10-13H2,1-3H3. The molecule has 0 amide bonds. The average Bonchev–Trinajstić information content (AvgIpc) is 3.16. The molecule has 152 valence electrons. The van der Waals surface area contributed by atoms with E-state index < -0.39 is 10.0 Å². The molecule has 4 rings (SSSR count). The van der Waals surface area contributed by atoms with Crippen molar-refractivity contribution in [2.45, 2.75) is 25.7 Å². The number of aryl methyl sites for hydroxylation is 3. The van der Waals surface area contributed by atoms with Crippen LogP contribution in [0.25, 0.3) is 5.82 Å². The van der Waals surface area contributed by atoms with E-state index in [1.54, 1.807) is 22.6 Å². The van der Waals surface area contributed by atoms with Crippen molar-refractivity contribution in [1.29, 1.82) is 0 Å². The first-order valence-electron chi connectivity index (χ1n) is 9.53. The summed E-state index contributed by atoms with van der Waals surface area (Å²) >= 11 is 0. The summed E-state index contributed by atoms with van der Waals surface area (Å²) in [5, 5.41) is 8.62. The van der Waals surface area contributed by atoms with Crippen molar-refractivity contribution in [2.24, 2.45) is 0 Å². The highest BCUT2D eigenvalue weighted by Crippen LogP contribution is 2.22. The largest absolute Gasteiger partial charge is 0.352 e. The molecule has 0 N–H and O–H groups in total. The third-order valence-electron chi connectivity index (χ3n) is 5.39. The topological polar surface area (TPSA) is 84.2 Å². The number of hydrogen-bond acceptors (Lipinski definition) is 6. The second-order valence-electron chi connectivity index (χ2n) is 7.23. The van der Waals surface area contributed by atoms with Crippen LogP contribution in [0, 0.1) is 20.8 Å². The van der Waals surface area contributed by atoms with Crippen molar-refractivity contribution in [3.8, 4) is 5.82 Å². The number of piperazine rings is 1. The lowest BCUT2D eigenvalue weighted by Gasteiger charge is -2.34. The number of anilines is 1. The molecule has 0 radical (unpaired) electrons. The lowest BCUT2D eigenvalue weighted by molar-refractivity contribution is 0.383. The van der Waals surface area contributed by atoms with E-state index in [4.69, 9.17) is 0 Å². The number of aromatic nitrogens is 4. The van der Waals surface area contributed by atoms with E-state index in [1.807, 2.05) is 49.7 Å². The summed E-state index contributed by atoms with van der Waals surface area (Å²) in [7, 11) is -3.49. The van der Waals surface area contributed by atoms with Crippen LogP contribution in [0.3, 0.4) is 0 Å². The van der Waals surface area contributed by atoms with Crippen LogP contribution in [0.5, 0.6) is 0 Å². The predicted octanol–water partition coefficient (Wildman–Crippen LogP) is 2.10. The molecule has 1 aliphatic heterocycles. The molecule has 3 heterocycles. The summed E-state index contributed by atoms with van der Waals surface area (Å²) in [4.78, 5) is 6.61. The summed E-state index contributed by atoms with van der Waals surface area (Å²) in [6.07, 6.45) is 3.57. The minimum atomic E-state index is -3.49. The minimum Gasteiger partial charge on any atom is -0.352 e. The fourth-order valence-corrected chi connectivity index (χ4v) is 4.92. The van der Waals surface area contributed by atoms with E-state index in [1.165, 1.54) is 0 Å². The van der Waals surface area contributed by atoms with E-state index in [9.17, 15) is 8.42 Å². The smallest absolute Gasteiger partial charge is 0.243 e. The average molecular weight is 413 g/mol. The highest BCUT2D eigenvalue weighted by molar-refractivity contribution is 7.89. The molecule has 1 fully saturated rings. The van der Waals surface area contributed by atoms with Gasteiger partial charge in [-0.15, -0.1) is 10.2 Å². The Kier molecular flexibility index (Phi) is 5.10. The second-order valence-corrected chi connectivity index (χ2v) is 9.17. The van der Waals surface area contributed by atoms with Gasteiger partial charge in [-0.3, -0.25) is 4.57 Å². The number of rotatable bonds is 4. The zero-order valence-electron chi connectivity index (χ0n) is 16.8. The van der Waals surface area contributed by atoms with E-state index in [0.29, 0.717) is 36.9 Å². The van der Waals surface area contributed by atoms with Crippen molar-refractivity contribution in [1.82, 2.24) is 24.1 Å². The number of imidazole rings is 1. The van der Waals surface area contributed by atoms with Gasteiger partial charge in [0.05, 0.1) is 4.90 Å². The number of benzene rings is 1. The highest BCUT2D eigenvalue weighted by Gasteiger charge is 2.29. The van der Waals surface area contributed by atoms with E-state index in [0.717, 1.165) is 22.8 Å². The van der Waals surface area contributed by atoms with Gasteiger partial charge in [-0.2, -0.15) is 4.31 Å². The Balaban J connectivity index is 1.45. The number of nitrogens with zero attached hydrogens (tertiary/aromatic N) is 6. The Bertz CT molecular complexity index is 1120. The van der Waals surface area contributed by atoms with Crippen LogP contribution in [0.4, 0.5) is 5.82 Å². The Morgan fingerprint density at radius 2 is 1.55 bits per heavy atom. The van der Waals surface area contributed by atoms with Gasteiger partial charge in [0.15, 0.2) is 11.6 Å². The van der Waals surface area contributed by atoms with E-state index in [2.05, 4.69) is 20.1 Å². The van der Waals surface area contributed by atoms with Gasteiger partial charge in [0.25, 0.3) is 0 Å². The molecule has 0 spiro atoms. The molecule has 0 bridgehead atoms. The Labute approximate surface area is 170 Å². The zero-order chi connectivity index (χ0) is 20.6. The van der Waals surface area contributed by atoms with Crippen LogP contribution in [-0.2, 0) is 10.0 Å². The van der Waals surface area contributed by atoms with Gasteiger partial charge < -0.3 is 4.90 Å². The molecule has 0 saturated carbocycles. The van der Waals surface area contributed by atoms with Crippen LogP contribution < -0.4 is 4.90 Å². The van der Waals surface area contributed by atoms with Crippen LogP contribution in [0.1, 0.15) is 17.0 Å². The molecule has 0 aliphatic carbocycles. The lowest BCUT2D eigenvalue weighted by Crippen LogP contribution is -2.49.